The Kier molecular flexibility index (Phi) is 3.60. The molecule has 102 valence electrons. The lowest BCUT2D eigenvalue weighted by molar-refractivity contribution is -0.384. The molecule has 1 heterocycles. The van der Waals surface area contributed by atoms with Crippen LogP contribution < -0.4 is 4.74 Å². The van der Waals surface area contributed by atoms with Crippen LogP contribution in [0.25, 0.3) is 11.3 Å². The van der Waals surface area contributed by atoms with Crippen LogP contribution in [0.4, 0.5) is 5.69 Å². The average Bonchev–Trinajstić information content (AvgIpc) is 2.46. The summed E-state index contributed by atoms with van der Waals surface area (Å²) in [5.41, 5.74) is 0.459. The summed E-state index contributed by atoms with van der Waals surface area (Å²) >= 11 is 0. The second kappa shape index (κ2) is 5.35. The van der Waals surface area contributed by atoms with E-state index in [2.05, 4.69) is 4.98 Å². The number of hydrogen-bond acceptors (Lipinski definition) is 5. The van der Waals surface area contributed by atoms with E-state index in [1.807, 2.05) is 0 Å². The van der Waals surface area contributed by atoms with E-state index in [1.54, 1.807) is 6.07 Å². The molecule has 0 aliphatic heterocycles. The van der Waals surface area contributed by atoms with Crippen molar-refractivity contribution in [3.63, 3.8) is 0 Å². The number of rotatable bonds is 4. The number of nitro benzene ring substituents is 1. The lowest BCUT2D eigenvalue weighted by Crippen LogP contribution is -2.02. The SMILES string of the molecule is COc1cc(C(=O)O)nc(-c2cccc([N+](=O)[O-])c2)c1. The van der Waals surface area contributed by atoms with Gasteiger partial charge < -0.3 is 9.84 Å². The highest BCUT2D eigenvalue weighted by molar-refractivity contribution is 5.86. The van der Waals surface area contributed by atoms with Crippen molar-refractivity contribution >= 4 is 11.7 Å². The number of ether oxygens (including phenoxy) is 1. The fourth-order valence-corrected chi connectivity index (χ4v) is 1.66. The van der Waals surface area contributed by atoms with Crippen molar-refractivity contribution in [2.24, 2.45) is 0 Å². The summed E-state index contributed by atoms with van der Waals surface area (Å²) in [6.45, 7) is 0. The minimum absolute atomic E-state index is 0.0935. The number of benzene rings is 1. The van der Waals surface area contributed by atoms with E-state index in [0.717, 1.165) is 0 Å². The van der Waals surface area contributed by atoms with Crippen LogP contribution in [0.1, 0.15) is 10.5 Å². The normalized spacial score (nSPS) is 10.1. The van der Waals surface area contributed by atoms with Gasteiger partial charge in [0, 0.05) is 29.8 Å². The lowest BCUT2D eigenvalue weighted by Gasteiger charge is -2.06. The van der Waals surface area contributed by atoms with Gasteiger partial charge in [-0.25, -0.2) is 9.78 Å². The first-order chi connectivity index (χ1) is 9.51. The second-order valence-electron chi connectivity index (χ2n) is 3.89. The summed E-state index contributed by atoms with van der Waals surface area (Å²) in [6, 6.07) is 8.60. The molecule has 0 bridgehead atoms. The number of nitrogens with zero attached hydrogens (tertiary/aromatic N) is 2. The van der Waals surface area contributed by atoms with E-state index >= 15 is 0 Å². The molecule has 0 saturated carbocycles. The van der Waals surface area contributed by atoms with Gasteiger partial charge in [-0.3, -0.25) is 10.1 Å². The number of carboxylic acids is 1. The Morgan fingerprint density at radius 1 is 1.35 bits per heavy atom. The third-order valence-corrected chi connectivity index (χ3v) is 2.61. The van der Waals surface area contributed by atoms with Gasteiger partial charge in [0.2, 0.25) is 0 Å². The Labute approximate surface area is 113 Å². The van der Waals surface area contributed by atoms with Gasteiger partial charge >= 0.3 is 5.97 Å². The first-order valence-electron chi connectivity index (χ1n) is 5.55. The Balaban J connectivity index is 2.56. The highest BCUT2D eigenvalue weighted by Crippen LogP contribution is 2.26. The number of nitro groups is 1. The van der Waals surface area contributed by atoms with Crippen molar-refractivity contribution in [1.29, 1.82) is 0 Å². The van der Waals surface area contributed by atoms with Crippen LogP contribution in [0, 0.1) is 10.1 Å². The molecule has 1 aromatic heterocycles. The van der Waals surface area contributed by atoms with E-state index in [9.17, 15) is 14.9 Å². The monoisotopic (exact) mass is 274 g/mol. The van der Waals surface area contributed by atoms with Gasteiger partial charge in [0.15, 0.2) is 5.69 Å². The largest absolute Gasteiger partial charge is 0.497 e. The zero-order chi connectivity index (χ0) is 14.7. The van der Waals surface area contributed by atoms with Crippen molar-refractivity contribution in [2.75, 3.05) is 7.11 Å². The summed E-state index contributed by atoms with van der Waals surface area (Å²) in [6.07, 6.45) is 0. The number of carbonyl (C=O) groups is 1. The Hall–Kier alpha value is -2.96. The molecule has 0 unspecified atom stereocenters. The third-order valence-electron chi connectivity index (χ3n) is 2.61. The highest BCUT2D eigenvalue weighted by Gasteiger charge is 2.13. The molecular weight excluding hydrogens is 264 g/mol. The molecule has 0 aliphatic carbocycles. The van der Waals surface area contributed by atoms with Crippen molar-refractivity contribution in [1.82, 2.24) is 4.98 Å². The highest BCUT2D eigenvalue weighted by atomic mass is 16.6. The van der Waals surface area contributed by atoms with Gasteiger partial charge in [0.05, 0.1) is 17.7 Å². The summed E-state index contributed by atoms with van der Waals surface area (Å²) in [4.78, 5) is 25.2. The molecule has 0 spiro atoms. The van der Waals surface area contributed by atoms with Crippen molar-refractivity contribution < 1.29 is 19.6 Å². The molecule has 2 rings (SSSR count). The van der Waals surface area contributed by atoms with Crippen LogP contribution >= 0.6 is 0 Å². The van der Waals surface area contributed by atoms with Gasteiger partial charge in [-0.1, -0.05) is 12.1 Å². The molecule has 0 atom stereocenters. The molecule has 7 nitrogen and oxygen atoms in total. The van der Waals surface area contributed by atoms with E-state index in [0.29, 0.717) is 17.0 Å². The minimum atomic E-state index is -1.20. The Bertz CT molecular complexity index is 684. The molecule has 0 saturated heterocycles. The van der Waals surface area contributed by atoms with Crippen molar-refractivity contribution in [3.05, 3.63) is 52.2 Å². The summed E-state index contributed by atoms with van der Waals surface area (Å²) < 4.78 is 5.01. The first-order valence-corrected chi connectivity index (χ1v) is 5.55. The third kappa shape index (κ3) is 2.72. The number of methoxy groups -OCH3 is 1. The standard InChI is InChI=1S/C13H10N2O5/c1-20-10-6-11(14-12(7-10)13(16)17)8-3-2-4-9(5-8)15(18)19/h2-7H,1H3,(H,16,17). The summed E-state index contributed by atoms with van der Waals surface area (Å²) in [5.74, 6) is -0.880. The van der Waals surface area contributed by atoms with Gasteiger partial charge in [0.25, 0.3) is 5.69 Å². The molecule has 2 aromatic rings. The lowest BCUT2D eigenvalue weighted by atomic mass is 10.1. The van der Waals surface area contributed by atoms with Gasteiger partial charge in [-0.15, -0.1) is 0 Å². The maximum absolute atomic E-state index is 11.0. The van der Waals surface area contributed by atoms with Gasteiger partial charge in [-0.05, 0) is 0 Å². The predicted octanol–water partition coefficient (Wildman–Crippen LogP) is 2.36. The first kappa shape index (κ1) is 13.5. The minimum Gasteiger partial charge on any atom is -0.497 e. The number of aromatic carboxylic acids is 1. The molecule has 0 amide bonds. The fraction of sp³-hybridized carbons (Fsp3) is 0.0769. The molecule has 1 N–H and O–H groups in total. The van der Waals surface area contributed by atoms with Crippen LogP contribution in [0.5, 0.6) is 5.75 Å². The topological polar surface area (TPSA) is 103 Å². The number of aromatic nitrogens is 1. The van der Waals surface area contributed by atoms with Crippen LogP contribution in [0.2, 0.25) is 0 Å². The quantitative estimate of drug-likeness (QED) is 0.678. The van der Waals surface area contributed by atoms with Crippen molar-refractivity contribution in [3.8, 4) is 17.0 Å². The van der Waals surface area contributed by atoms with E-state index in [4.69, 9.17) is 9.84 Å². The van der Waals surface area contributed by atoms with Gasteiger partial charge in [0.1, 0.15) is 5.75 Å². The fourth-order valence-electron chi connectivity index (χ4n) is 1.66. The molecular formula is C13H10N2O5. The summed E-state index contributed by atoms with van der Waals surface area (Å²) in [5, 5.41) is 19.7. The van der Waals surface area contributed by atoms with Crippen LogP contribution in [0.3, 0.4) is 0 Å². The van der Waals surface area contributed by atoms with Gasteiger partial charge in [-0.2, -0.15) is 0 Å². The van der Waals surface area contributed by atoms with Crippen LogP contribution in [0.15, 0.2) is 36.4 Å². The maximum atomic E-state index is 11.0. The van der Waals surface area contributed by atoms with E-state index in [1.165, 1.54) is 37.4 Å². The second-order valence-corrected chi connectivity index (χ2v) is 3.89. The van der Waals surface area contributed by atoms with Crippen molar-refractivity contribution in [2.45, 2.75) is 0 Å². The smallest absolute Gasteiger partial charge is 0.354 e. The number of hydrogen-bond donors (Lipinski definition) is 1. The van der Waals surface area contributed by atoms with Crippen LogP contribution in [-0.4, -0.2) is 28.1 Å². The zero-order valence-corrected chi connectivity index (χ0v) is 10.4. The molecule has 0 fully saturated rings. The summed E-state index contributed by atoms with van der Waals surface area (Å²) in [7, 11) is 1.40. The molecule has 0 aliphatic rings. The number of pyridine rings is 1. The zero-order valence-electron chi connectivity index (χ0n) is 10.4. The molecule has 0 radical (unpaired) electrons. The van der Waals surface area contributed by atoms with Crippen LogP contribution in [-0.2, 0) is 0 Å². The number of carboxylic acid groups (broad SMARTS) is 1. The van der Waals surface area contributed by atoms with E-state index in [-0.39, 0.29) is 11.4 Å². The Morgan fingerprint density at radius 3 is 2.70 bits per heavy atom. The molecule has 20 heavy (non-hydrogen) atoms. The Morgan fingerprint density at radius 2 is 2.10 bits per heavy atom. The molecule has 7 heteroatoms. The average molecular weight is 274 g/mol. The number of non-ortho nitro benzene ring substituents is 1. The predicted molar refractivity (Wildman–Crippen MR) is 69.8 cm³/mol. The van der Waals surface area contributed by atoms with E-state index < -0.39 is 10.9 Å². The molecule has 1 aromatic carbocycles. The maximum Gasteiger partial charge on any atom is 0.354 e.